The number of benzene rings is 1. The van der Waals surface area contributed by atoms with Crippen molar-refractivity contribution in [2.45, 2.75) is 13.0 Å². The van der Waals surface area contributed by atoms with Crippen LogP contribution in [0.1, 0.15) is 17.4 Å². The standard InChI is InChI=1S/C12H14N2O/c1-8-2-3-9-6-10(12(15)7-13)4-5-11(9)14-8/h2-6,12,15H,7,13H2,1H3. The molecule has 3 N–H and O–H groups in total. The van der Waals surface area contributed by atoms with Gasteiger partial charge in [-0.1, -0.05) is 12.1 Å². The maximum Gasteiger partial charge on any atom is 0.0912 e. The number of rotatable bonds is 2. The predicted molar refractivity (Wildman–Crippen MR) is 60.5 cm³/mol. The number of fused-ring (bicyclic) bond motifs is 1. The number of nitrogens with two attached hydrogens (primary N) is 1. The normalized spacial score (nSPS) is 13.0. The second kappa shape index (κ2) is 3.96. The number of aryl methyl sites for hydroxylation is 1. The van der Waals surface area contributed by atoms with E-state index in [4.69, 9.17) is 5.73 Å². The zero-order chi connectivity index (χ0) is 10.8. The highest BCUT2D eigenvalue weighted by atomic mass is 16.3. The Bertz CT molecular complexity index is 482. The number of hydrogen-bond donors (Lipinski definition) is 2. The van der Waals surface area contributed by atoms with Crippen molar-refractivity contribution in [1.29, 1.82) is 0 Å². The maximum absolute atomic E-state index is 9.60. The molecule has 0 aliphatic heterocycles. The van der Waals surface area contributed by atoms with E-state index in [9.17, 15) is 5.11 Å². The van der Waals surface area contributed by atoms with Crippen molar-refractivity contribution in [2.75, 3.05) is 6.54 Å². The monoisotopic (exact) mass is 202 g/mol. The summed E-state index contributed by atoms with van der Waals surface area (Å²) in [5.41, 5.74) is 8.19. The van der Waals surface area contributed by atoms with Crippen LogP contribution in [0.15, 0.2) is 30.3 Å². The molecule has 0 fully saturated rings. The van der Waals surface area contributed by atoms with Gasteiger partial charge in [0.1, 0.15) is 0 Å². The fourth-order valence-electron chi connectivity index (χ4n) is 1.59. The van der Waals surface area contributed by atoms with Gasteiger partial charge in [0.25, 0.3) is 0 Å². The van der Waals surface area contributed by atoms with Gasteiger partial charge in [0.05, 0.1) is 11.6 Å². The highest BCUT2D eigenvalue weighted by Gasteiger charge is 2.05. The Morgan fingerprint density at radius 1 is 1.33 bits per heavy atom. The van der Waals surface area contributed by atoms with Gasteiger partial charge in [0.15, 0.2) is 0 Å². The molecule has 3 nitrogen and oxygen atoms in total. The highest BCUT2D eigenvalue weighted by Crippen LogP contribution is 2.18. The van der Waals surface area contributed by atoms with Gasteiger partial charge in [-0.15, -0.1) is 0 Å². The van der Waals surface area contributed by atoms with E-state index in [-0.39, 0.29) is 6.54 Å². The van der Waals surface area contributed by atoms with Crippen LogP contribution in [0.3, 0.4) is 0 Å². The molecule has 3 heteroatoms. The van der Waals surface area contributed by atoms with Crippen molar-refractivity contribution < 1.29 is 5.11 Å². The Labute approximate surface area is 88.6 Å². The van der Waals surface area contributed by atoms with E-state index < -0.39 is 6.10 Å². The lowest BCUT2D eigenvalue weighted by atomic mass is 10.1. The summed E-state index contributed by atoms with van der Waals surface area (Å²) >= 11 is 0. The molecule has 1 heterocycles. The molecule has 1 aromatic carbocycles. The van der Waals surface area contributed by atoms with Crippen molar-refractivity contribution in [1.82, 2.24) is 4.98 Å². The maximum atomic E-state index is 9.60. The van der Waals surface area contributed by atoms with Crippen LogP contribution in [0.4, 0.5) is 0 Å². The van der Waals surface area contributed by atoms with Gasteiger partial charge in [-0.3, -0.25) is 4.98 Å². The van der Waals surface area contributed by atoms with Gasteiger partial charge >= 0.3 is 0 Å². The summed E-state index contributed by atoms with van der Waals surface area (Å²) < 4.78 is 0. The lowest BCUT2D eigenvalue weighted by Gasteiger charge is -2.08. The molecule has 0 saturated heterocycles. The van der Waals surface area contributed by atoms with Crippen molar-refractivity contribution >= 4 is 10.9 Å². The summed E-state index contributed by atoms with van der Waals surface area (Å²) in [6, 6.07) is 9.67. The molecule has 0 amide bonds. The molecule has 2 rings (SSSR count). The molecular weight excluding hydrogens is 188 g/mol. The van der Waals surface area contributed by atoms with E-state index in [1.807, 2.05) is 37.3 Å². The fraction of sp³-hybridized carbons (Fsp3) is 0.250. The molecule has 0 aliphatic rings. The molecule has 0 spiro atoms. The summed E-state index contributed by atoms with van der Waals surface area (Å²) in [6.45, 7) is 2.20. The number of nitrogens with zero attached hydrogens (tertiary/aromatic N) is 1. The van der Waals surface area contributed by atoms with Gasteiger partial charge in [-0.05, 0) is 30.7 Å². The zero-order valence-electron chi connectivity index (χ0n) is 8.64. The fourth-order valence-corrected chi connectivity index (χ4v) is 1.59. The van der Waals surface area contributed by atoms with Crippen LogP contribution in [-0.2, 0) is 0 Å². The Balaban J connectivity index is 2.52. The average molecular weight is 202 g/mol. The first-order valence-electron chi connectivity index (χ1n) is 4.96. The molecule has 0 aliphatic carbocycles. The lowest BCUT2D eigenvalue weighted by Crippen LogP contribution is -2.11. The van der Waals surface area contributed by atoms with Crippen LogP contribution in [0, 0.1) is 6.92 Å². The third kappa shape index (κ3) is 1.98. The predicted octanol–water partition coefficient (Wildman–Crippen LogP) is 1.54. The van der Waals surface area contributed by atoms with Crippen LogP contribution >= 0.6 is 0 Å². The Morgan fingerprint density at radius 3 is 2.87 bits per heavy atom. The number of aromatic nitrogens is 1. The van der Waals surface area contributed by atoms with Gasteiger partial charge in [0, 0.05) is 17.6 Å². The number of hydrogen-bond acceptors (Lipinski definition) is 3. The third-order valence-corrected chi connectivity index (χ3v) is 2.46. The Hall–Kier alpha value is -1.45. The molecule has 1 atom stereocenters. The minimum absolute atomic E-state index is 0.241. The smallest absolute Gasteiger partial charge is 0.0912 e. The zero-order valence-corrected chi connectivity index (χ0v) is 8.64. The Kier molecular flexibility index (Phi) is 2.66. The summed E-state index contributed by atoms with van der Waals surface area (Å²) in [7, 11) is 0. The molecular formula is C12H14N2O. The van der Waals surface area contributed by atoms with Crippen LogP contribution in [0.25, 0.3) is 10.9 Å². The number of aliphatic hydroxyl groups is 1. The first-order valence-corrected chi connectivity index (χ1v) is 4.96. The molecule has 1 aromatic heterocycles. The van der Waals surface area contributed by atoms with Gasteiger partial charge < -0.3 is 10.8 Å². The minimum Gasteiger partial charge on any atom is -0.387 e. The molecule has 2 aromatic rings. The minimum atomic E-state index is -0.587. The number of pyridine rings is 1. The molecule has 15 heavy (non-hydrogen) atoms. The molecule has 0 bridgehead atoms. The second-order valence-corrected chi connectivity index (χ2v) is 3.66. The van der Waals surface area contributed by atoms with Crippen molar-refractivity contribution in [3.05, 3.63) is 41.6 Å². The van der Waals surface area contributed by atoms with E-state index in [2.05, 4.69) is 4.98 Å². The largest absolute Gasteiger partial charge is 0.387 e. The second-order valence-electron chi connectivity index (χ2n) is 3.66. The average Bonchev–Trinajstić information content (AvgIpc) is 2.27. The molecule has 0 saturated carbocycles. The summed E-state index contributed by atoms with van der Waals surface area (Å²) in [4.78, 5) is 4.39. The van der Waals surface area contributed by atoms with Crippen LogP contribution in [0.2, 0.25) is 0 Å². The van der Waals surface area contributed by atoms with E-state index in [1.54, 1.807) is 0 Å². The van der Waals surface area contributed by atoms with Crippen LogP contribution in [0.5, 0.6) is 0 Å². The van der Waals surface area contributed by atoms with Crippen molar-refractivity contribution in [3.8, 4) is 0 Å². The first-order chi connectivity index (χ1) is 7.20. The Morgan fingerprint density at radius 2 is 2.13 bits per heavy atom. The van der Waals surface area contributed by atoms with Gasteiger partial charge in [-0.2, -0.15) is 0 Å². The van der Waals surface area contributed by atoms with E-state index >= 15 is 0 Å². The van der Waals surface area contributed by atoms with Crippen LogP contribution < -0.4 is 5.73 Å². The van der Waals surface area contributed by atoms with Crippen molar-refractivity contribution in [2.24, 2.45) is 5.73 Å². The van der Waals surface area contributed by atoms with Gasteiger partial charge in [-0.25, -0.2) is 0 Å². The van der Waals surface area contributed by atoms with Gasteiger partial charge in [0.2, 0.25) is 0 Å². The summed E-state index contributed by atoms with van der Waals surface area (Å²) in [5, 5.41) is 10.6. The molecule has 1 unspecified atom stereocenters. The topological polar surface area (TPSA) is 59.1 Å². The van der Waals surface area contributed by atoms with Crippen LogP contribution in [-0.4, -0.2) is 16.6 Å². The van der Waals surface area contributed by atoms with E-state index in [0.29, 0.717) is 0 Å². The summed E-state index contributed by atoms with van der Waals surface area (Å²) in [6.07, 6.45) is -0.587. The SMILES string of the molecule is Cc1ccc2cc(C(O)CN)ccc2n1. The third-order valence-electron chi connectivity index (χ3n) is 2.46. The first kappa shape index (κ1) is 10.1. The highest BCUT2D eigenvalue weighted by molar-refractivity contribution is 5.79. The molecule has 78 valence electrons. The summed E-state index contributed by atoms with van der Waals surface area (Å²) in [5.74, 6) is 0. The quantitative estimate of drug-likeness (QED) is 0.776. The molecule has 0 radical (unpaired) electrons. The van der Waals surface area contributed by atoms with E-state index in [1.165, 1.54) is 0 Å². The lowest BCUT2D eigenvalue weighted by molar-refractivity contribution is 0.187. The van der Waals surface area contributed by atoms with Crippen molar-refractivity contribution in [3.63, 3.8) is 0 Å². The van der Waals surface area contributed by atoms with E-state index in [0.717, 1.165) is 22.2 Å². The number of aliphatic hydroxyl groups excluding tert-OH is 1.